The summed E-state index contributed by atoms with van der Waals surface area (Å²) in [7, 11) is 1.92. The second-order valence-electron chi connectivity index (χ2n) is 4.49. The van der Waals surface area contributed by atoms with Gasteiger partial charge in [-0.15, -0.1) is 11.6 Å². The molecule has 0 aliphatic rings. The minimum absolute atomic E-state index is 0.363. The van der Waals surface area contributed by atoms with E-state index in [0.29, 0.717) is 24.7 Å². The van der Waals surface area contributed by atoms with Crippen LogP contribution in [0.15, 0.2) is 10.9 Å². The van der Waals surface area contributed by atoms with Gasteiger partial charge in [-0.3, -0.25) is 4.68 Å². The van der Waals surface area contributed by atoms with Gasteiger partial charge in [0.15, 0.2) is 12.0 Å². The Morgan fingerprint density at radius 2 is 2.25 bits per heavy atom. The van der Waals surface area contributed by atoms with Gasteiger partial charge in [0, 0.05) is 20.0 Å². The average molecular weight is 295 g/mol. The second-order valence-corrected chi connectivity index (χ2v) is 4.76. The number of alkyl halides is 1. The number of nitrogens with zero attached hydrogens (tertiary/aromatic N) is 6. The molecule has 0 aromatic carbocycles. The first kappa shape index (κ1) is 13.1. The van der Waals surface area contributed by atoms with E-state index in [4.69, 9.17) is 16.1 Å². The van der Waals surface area contributed by atoms with Gasteiger partial charge in [0.2, 0.25) is 5.89 Å². The van der Waals surface area contributed by atoms with Crippen LogP contribution in [0.25, 0.3) is 11.2 Å². The zero-order valence-electron chi connectivity index (χ0n) is 11.4. The predicted octanol–water partition coefficient (Wildman–Crippen LogP) is 1.70. The van der Waals surface area contributed by atoms with Gasteiger partial charge in [0.25, 0.3) is 0 Å². The van der Waals surface area contributed by atoms with Crippen molar-refractivity contribution in [1.29, 1.82) is 0 Å². The molecule has 3 aromatic rings. The van der Waals surface area contributed by atoms with Gasteiger partial charge in [-0.05, 0) is 6.42 Å². The fourth-order valence-corrected chi connectivity index (χ4v) is 2.58. The number of fused-ring (bicyclic) bond motifs is 1. The Kier molecular flexibility index (Phi) is 3.43. The van der Waals surface area contributed by atoms with Crippen LogP contribution >= 0.6 is 11.6 Å². The third kappa shape index (κ3) is 2.07. The van der Waals surface area contributed by atoms with E-state index in [1.54, 1.807) is 0 Å². The van der Waals surface area contributed by atoms with E-state index in [0.717, 1.165) is 29.1 Å². The number of hydrogen-bond acceptors (Lipinski definition) is 5. The third-order valence-electron chi connectivity index (χ3n) is 3.28. The Morgan fingerprint density at radius 3 is 2.90 bits per heavy atom. The van der Waals surface area contributed by atoms with E-state index in [1.165, 1.54) is 6.33 Å². The van der Waals surface area contributed by atoms with E-state index < -0.39 is 0 Å². The van der Waals surface area contributed by atoms with Crippen LogP contribution in [0.2, 0.25) is 0 Å². The zero-order chi connectivity index (χ0) is 14.1. The van der Waals surface area contributed by atoms with Gasteiger partial charge in [0.05, 0.1) is 11.6 Å². The highest BCUT2D eigenvalue weighted by Gasteiger charge is 2.18. The van der Waals surface area contributed by atoms with Gasteiger partial charge < -0.3 is 9.09 Å². The van der Waals surface area contributed by atoms with Crippen LogP contribution in [-0.4, -0.2) is 29.5 Å². The molecule has 0 aliphatic heterocycles. The molecule has 0 amide bonds. The summed E-state index contributed by atoms with van der Waals surface area (Å²) in [6.45, 7) is 2.75. The number of imidazole rings is 1. The fourth-order valence-electron chi connectivity index (χ4n) is 2.38. The van der Waals surface area contributed by atoms with Crippen LogP contribution in [-0.2, 0) is 32.3 Å². The summed E-state index contributed by atoms with van der Waals surface area (Å²) < 4.78 is 8.94. The van der Waals surface area contributed by atoms with Gasteiger partial charge in [-0.25, -0.2) is 4.98 Å². The number of halogens is 1. The average Bonchev–Trinajstić information content (AvgIpc) is 3.13. The Labute approximate surface area is 120 Å². The predicted molar refractivity (Wildman–Crippen MR) is 73.4 cm³/mol. The van der Waals surface area contributed by atoms with Crippen molar-refractivity contribution < 1.29 is 4.52 Å². The number of aryl methyl sites for hydroxylation is 4. The minimum Gasteiger partial charge on any atom is -0.340 e. The van der Waals surface area contributed by atoms with Gasteiger partial charge in [-0.2, -0.15) is 10.1 Å². The molecule has 0 saturated heterocycles. The molecule has 0 atom stereocenters. The lowest BCUT2D eigenvalue weighted by Crippen LogP contribution is -2.08. The van der Waals surface area contributed by atoms with Crippen LogP contribution in [0, 0.1) is 0 Å². The topological polar surface area (TPSA) is 74.6 Å². The molecule has 0 bridgehead atoms. The summed E-state index contributed by atoms with van der Waals surface area (Å²) in [5, 5.41) is 8.10. The molecule has 0 spiro atoms. The summed E-state index contributed by atoms with van der Waals surface area (Å²) in [5.41, 5.74) is 2.90. The lowest BCUT2D eigenvalue weighted by atomic mass is 10.3. The van der Waals surface area contributed by atoms with E-state index in [2.05, 4.69) is 31.7 Å². The van der Waals surface area contributed by atoms with Crippen LogP contribution < -0.4 is 0 Å². The highest BCUT2D eigenvalue weighted by molar-refractivity contribution is 6.16. The Balaban J connectivity index is 2.01. The number of hydrogen-bond donors (Lipinski definition) is 0. The molecule has 0 saturated carbocycles. The van der Waals surface area contributed by atoms with Crippen molar-refractivity contribution in [2.45, 2.75) is 32.2 Å². The molecule has 7 nitrogen and oxygen atoms in total. The molecule has 3 aromatic heterocycles. The second kappa shape index (κ2) is 5.24. The smallest absolute Gasteiger partial charge is 0.228 e. The van der Waals surface area contributed by atoms with Crippen LogP contribution in [0.3, 0.4) is 0 Å². The molecule has 106 valence electrons. The van der Waals surface area contributed by atoms with Crippen molar-refractivity contribution in [2.75, 3.05) is 0 Å². The summed E-state index contributed by atoms with van der Waals surface area (Å²) >= 11 is 6.00. The molecule has 0 aliphatic carbocycles. The minimum atomic E-state index is 0.363. The van der Waals surface area contributed by atoms with Crippen LogP contribution in [0.5, 0.6) is 0 Å². The van der Waals surface area contributed by atoms with Crippen molar-refractivity contribution in [3.63, 3.8) is 0 Å². The molecule has 3 heterocycles. The Hall–Kier alpha value is -1.89. The van der Waals surface area contributed by atoms with Gasteiger partial charge in [-0.1, -0.05) is 12.1 Å². The van der Waals surface area contributed by atoms with E-state index in [-0.39, 0.29) is 0 Å². The number of rotatable bonds is 5. The number of aromatic nitrogens is 6. The van der Waals surface area contributed by atoms with E-state index in [1.807, 2.05) is 11.7 Å². The third-order valence-corrected chi connectivity index (χ3v) is 3.52. The highest BCUT2D eigenvalue weighted by Crippen LogP contribution is 2.21. The lowest BCUT2D eigenvalue weighted by molar-refractivity contribution is 0.370. The van der Waals surface area contributed by atoms with Gasteiger partial charge >= 0.3 is 0 Å². The first-order valence-electron chi connectivity index (χ1n) is 6.47. The molecule has 0 fully saturated rings. The van der Waals surface area contributed by atoms with Crippen molar-refractivity contribution in [2.24, 2.45) is 7.05 Å². The molecular formula is C12H15ClN6O. The monoisotopic (exact) mass is 294 g/mol. The maximum atomic E-state index is 6.00. The first-order valence-corrected chi connectivity index (χ1v) is 7.00. The lowest BCUT2D eigenvalue weighted by Gasteiger charge is -2.06. The summed E-state index contributed by atoms with van der Waals surface area (Å²) in [5.74, 6) is 1.80. The van der Waals surface area contributed by atoms with Gasteiger partial charge in [0.1, 0.15) is 11.3 Å². The van der Waals surface area contributed by atoms with Crippen LogP contribution in [0.4, 0.5) is 0 Å². The van der Waals surface area contributed by atoms with Crippen molar-refractivity contribution in [3.05, 3.63) is 23.7 Å². The summed E-state index contributed by atoms with van der Waals surface area (Å²) in [6, 6.07) is 0. The largest absolute Gasteiger partial charge is 0.340 e. The fraction of sp³-hybridized carbons (Fsp3) is 0.500. The van der Waals surface area contributed by atoms with Crippen molar-refractivity contribution >= 4 is 22.8 Å². The molecule has 0 unspecified atom stereocenters. The molecule has 0 radical (unpaired) electrons. The van der Waals surface area contributed by atoms with E-state index in [9.17, 15) is 0 Å². The quantitative estimate of drug-likeness (QED) is 0.670. The SMILES string of the molecule is CCc1nn(C)c2c1nc(CCl)n2CCc1ncno1. The zero-order valence-corrected chi connectivity index (χ0v) is 12.1. The maximum absolute atomic E-state index is 6.00. The molecule has 20 heavy (non-hydrogen) atoms. The molecular weight excluding hydrogens is 280 g/mol. The standard InChI is InChI=1S/C12H15ClN6O/c1-3-8-11-12(18(2)17-8)19(9(6-13)16-11)5-4-10-14-7-15-20-10/h7H,3-6H2,1-2H3. The van der Waals surface area contributed by atoms with E-state index >= 15 is 0 Å². The normalized spacial score (nSPS) is 11.6. The molecule has 3 rings (SSSR count). The van der Waals surface area contributed by atoms with Crippen molar-refractivity contribution in [3.8, 4) is 0 Å². The Bertz CT molecular complexity index is 714. The highest BCUT2D eigenvalue weighted by atomic mass is 35.5. The maximum Gasteiger partial charge on any atom is 0.228 e. The van der Waals surface area contributed by atoms with Crippen molar-refractivity contribution in [1.82, 2.24) is 29.5 Å². The molecule has 8 heteroatoms. The summed E-state index contributed by atoms with van der Waals surface area (Å²) in [4.78, 5) is 8.63. The summed E-state index contributed by atoms with van der Waals surface area (Å²) in [6.07, 6.45) is 2.89. The van der Waals surface area contributed by atoms with Crippen LogP contribution in [0.1, 0.15) is 24.3 Å². The molecule has 0 N–H and O–H groups in total. The Morgan fingerprint density at radius 1 is 1.40 bits per heavy atom. The first-order chi connectivity index (χ1) is 9.74.